The number of nitrogens with zero attached hydrogens (tertiary/aromatic N) is 4. The highest BCUT2D eigenvalue weighted by Gasteiger charge is 2.30. The van der Waals surface area contributed by atoms with Gasteiger partial charge < -0.3 is 14.5 Å². The SMILES string of the molecule is COc1ccc(-c2ccnc3c2N(C)c2c(C=O)ccnc2N3C)cc1. The van der Waals surface area contributed by atoms with Crippen LogP contribution in [-0.4, -0.2) is 37.5 Å². The number of benzene rings is 1. The lowest BCUT2D eigenvalue weighted by Gasteiger charge is -2.36. The monoisotopic (exact) mass is 346 g/mol. The standard InChI is InChI=1S/C20H18N4O2/c1-23-17-14(12-25)8-10-21-19(17)24(2)20-18(23)16(9-11-22-20)13-4-6-15(26-3)7-5-13/h4-12H,1-3H3. The normalized spacial score (nSPS) is 12.4. The van der Waals surface area contributed by atoms with Crippen LogP contribution < -0.4 is 14.5 Å². The zero-order valence-electron chi connectivity index (χ0n) is 14.8. The molecule has 1 aliphatic heterocycles. The second-order valence-corrected chi connectivity index (χ2v) is 6.07. The molecule has 0 radical (unpaired) electrons. The van der Waals surface area contributed by atoms with Crippen LogP contribution in [0.3, 0.4) is 0 Å². The fourth-order valence-electron chi connectivity index (χ4n) is 3.38. The van der Waals surface area contributed by atoms with Crippen LogP contribution >= 0.6 is 0 Å². The first kappa shape index (κ1) is 16.1. The number of carbonyl (C=O) groups is 1. The average Bonchev–Trinajstić information content (AvgIpc) is 2.71. The van der Waals surface area contributed by atoms with Gasteiger partial charge in [0.25, 0.3) is 0 Å². The van der Waals surface area contributed by atoms with Crippen molar-refractivity contribution in [1.29, 1.82) is 0 Å². The van der Waals surface area contributed by atoms with E-state index in [9.17, 15) is 4.79 Å². The number of hydrogen-bond donors (Lipinski definition) is 0. The molecule has 0 bridgehead atoms. The fraction of sp³-hybridized carbons (Fsp3) is 0.150. The minimum Gasteiger partial charge on any atom is -0.497 e. The molecule has 0 atom stereocenters. The predicted molar refractivity (Wildman–Crippen MR) is 102 cm³/mol. The zero-order valence-corrected chi connectivity index (χ0v) is 14.8. The number of carbonyl (C=O) groups excluding carboxylic acids is 1. The van der Waals surface area contributed by atoms with Crippen molar-refractivity contribution < 1.29 is 9.53 Å². The molecule has 0 saturated heterocycles. The van der Waals surface area contributed by atoms with Crippen LogP contribution in [0.15, 0.2) is 48.8 Å². The second-order valence-electron chi connectivity index (χ2n) is 6.07. The third-order valence-electron chi connectivity index (χ3n) is 4.68. The van der Waals surface area contributed by atoms with E-state index in [2.05, 4.69) is 9.97 Å². The summed E-state index contributed by atoms with van der Waals surface area (Å²) in [6.45, 7) is 0. The minimum absolute atomic E-state index is 0.597. The number of aldehydes is 1. The number of pyridine rings is 2. The maximum Gasteiger partial charge on any atom is 0.158 e. The minimum atomic E-state index is 0.597. The third-order valence-corrected chi connectivity index (χ3v) is 4.68. The Bertz CT molecular complexity index is 986. The van der Waals surface area contributed by atoms with Crippen molar-refractivity contribution in [2.75, 3.05) is 31.0 Å². The van der Waals surface area contributed by atoms with Crippen molar-refractivity contribution >= 4 is 29.3 Å². The summed E-state index contributed by atoms with van der Waals surface area (Å²) in [5, 5.41) is 0. The van der Waals surface area contributed by atoms with Gasteiger partial charge in [0.2, 0.25) is 0 Å². The summed E-state index contributed by atoms with van der Waals surface area (Å²) in [6.07, 6.45) is 4.29. The van der Waals surface area contributed by atoms with E-state index in [4.69, 9.17) is 4.74 Å². The van der Waals surface area contributed by atoms with Gasteiger partial charge in [0.1, 0.15) is 5.75 Å². The number of rotatable bonds is 3. The van der Waals surface area contributed by atoms with E-state index in [1.165, 1.54) is 0 Å². The van der Waals surface area contributed by atoms with Crippen LogP contribution in [-0.2, 0) is 0 Å². The Morgan fingerprint density at radius 3 is 2.19 bits per heavy atom. The molecule has 0 N–H and O–H groups in total. The van der Waals surface area contributed by atoms with E-state index in [1.807, 2.05) is 54.2 Å². The van der Waals surface area contributed by atoms with Crippen molar-refractivity contribution in [3.05, 3.63) is 54.4 Å². The van der Waals surface area contributed by atoms with Crippen LogP contribution in [0, 0.1) is 0 Å². The molecule has 0 unspecified atom stereocenters. The van der Waals surface area contributed by atoms with E-state index >= 15 is 0 Å². The summed E-state index contributed by atoms with van der Waals surface area (Å²) in [5.74, 6) is 2.31. The number of fused-ring (bicyclic) bond motifs is 2. The van der Waals surface area contributed by atoms with Gasteiger partial charge in [0.15, 0.2) is 17.9 Å². The maximum absolute atomic E-state index is 11.6. The van der Waals surface area contributed by atoms with Crippen molar-refractivity contribution in [3.8, 4) is 16.9 Å². The molecule has 26 heavy (non-hydrogen) atoms. The molecular weight excluding hydrogens is 328 g/mol. The van der Waals surface area contributed by atoms with Crippen LogP contribution in [0.4, 0.5) is 23.0 Å². The number of ether oxygens (including phenoxy) is 1. The first-order valence-corrected chi connectivity index (χ1v) is 8.20. The maximum atomic E-state index is 11.6. The van der Waals surface area contributed by atoms with E-state index in [0.29, 0.717) is 11.4 Å². The van der Waals surface area contributed by atoms with Crippen LogP contribution in [0.5, 0.6) is 5.75 Å². The van der Waals surface area contributed by atoms with Crippen molar-refractivity contribution in [2.45, 2.75) is 0 Å². The second kappa shape index (κ2) is 6.15. The number of hydrogen-bond acceptors (Lipinski definition) is 6. The summed E-state index contributed by atoms with van der Waals surface area (Å²) in [7, 11) is 5.50. The van der Waals surface area contributed by atoms with Crippen LogP contribution in [0.25, 0.3) is 11.1 Å². The molecule has 2 aromatic heterocycles. The molecule has 3 heterocycles. The summed E-state index contributed by atoms with van der Waals surface area (Å²) >= 11 is 0. The van der Waals surface area contributed by atoms with E-state index in [-0.39, 0.29) is 0 Å². The van der Waals surface area contributed by atoms with E-state index in [0.717, 1.165) is 40.4 Å². The van der Waals surface area contributed by atoms with Gasteiger partial charge >= 0.3 is 0 Å². The molecule has 3 aromatic rings. The molecule has 4 rings (SSSR count). The molecule has 0 aliphatic carbocycles. The van der Waals surface area contributed by atoms with Crippen LogP contribution in [0.1, 0.15) is 10.4 Å². The van der Waals surface area contributed by atoms with Gasteiger partial charge in [-0.3, -0.25) is 4.79 Å². The van der Waals surface area contributed by atoms with Gasteiger partial charge in [-0.05, 0) is 29.8 Å². The Morgan fingerprint density at radius 1 is 0.885 bits per heavy atom. The largest absolute Gasteiger partial charge is 0.497 e. The van der Waals surface area contributed by atoms with Gasteiger partial charge in [-0.1, -0.05) is 12.1 Å². The molecule has 1 aromatic carbocycles. The molecule has 6 heteroatoms. The number of anilines is 4. The summed E-state index contributed by atoms with van der Waals surface area (Å²) in [5.41, 5.74) is 4.38. The summed E-state index contributed by atoms with van der Waals surface area (Å²) in [4.78, 5) is 24.5. The summed E-state index contributed by atoms with van der Waals surface area (Å²) in [6, 6.07) is 11.6. The van der Waals surface area contributed by atoms with Gasteiger partial charge in [-0.25, -0.2) is 9.97 Å². The first-order chi connectivity index (χ1) is 12.7. The van der Waals surface area contributed by atoms with Crippen molar-refractivity contribution in [3.63, 3.8) is 0 Å². The van der Waals surface area contributed by atoms with Gasteiger partial charge in [-0.15, -0.1) is 0 Å². The molecule has 0 spiro atoms. The van der Waals surface area contributed by atoms with Gasteiger partial charge in [0.05, 0.1) is 18.5 Å². The van der Waals surface area contributed by atoms with Crippen molar-refractivity contribution in [1.82, 2.24) is 9.97 Å². The van der Waals surface area contributed by atoms with Crippen LogP contribution in [0.2, 0.25) is 0 Å². The lowest BCUT2D eigenvalue weighted by atomic mass is 10.0. The first-order valence-electron chi connectivity index (χ1n) is 8.20. The topological polar surface area (TPSA) is 58.6 Å². The zero-order chi connectivity index (χ0) is 18.3. The molecular formula is C20H18N4O2. The number of aromatic nitrogens is 2. The lowest BCUT2D eigenvalue weighted by molar-refractivity contribution is 0.112. The van der Waals surface area contributed by atoms with E-state index in [1.54, 1.807) is 25.6 Å². The molecule has 1 aliphatic rings. The third kappa shape index (κ3) is 2.30. The molecule has 0 saturated carbocycles. The molecule has 130 valence electrons. The Hall–Kier alpha value is -3.41. The predicted octanol–water partition coefficient (Wildman–Crippen LogP) is 3.81. The van der Waals surface area contributed by atoms with Gasteiger partial charge in [-0.2, -0.15) is 0 Å². The Labute approximate surface area is 151 Å². The van der Waals surface area contributed by atoms with Crippen molar-refractivity contribution in [2.24, 2.45) is 0 Å². The lowest BCUT2D eigenvalue weighted by Crippen LogP contribution is -2.27. The Kier molecular flexibility index (Phi) is 3.80. The van der Waals surface area contributed by atoms with E-state index < -0.39 is 0 Å². The quantitative estimate of drug-likeness (QED) is 0.672. The average molecular weight is 346 g/mol. The Morgan fingerprint density at radius 2 is 1.54 bits per heavy atom. The van der Waals surface area contributed by atoms with Gasteiger partial charge in [0, 0.05) is 37.6 Å². The Balaban J connectivity index is 1.93. The highest BCUT2D eigenvalue weighted by molar-refractivity contribution is 6.02. The molecule has 0 fully saturated rings. The fourth-order valence-corrected chi connectivity index (χ4v) is 3.38. The number of methoxy groups -OCH3 is 1. The highest BCUT2D eigenvalue weighted by atomic mass is 16.5. The smallest absolute Gasteiger partial charge is 0.158 e. The molecule has 0 amide bonds. The molecule has 6 nitrogen and oxygen atoms in total. The highest BCUT2D eigenvalue weighted by Crippen LogP contribution is 2.49. The summed E-state index contributed by atoms with van der Waals surface area (Å²) < 4.78 is 5.25.